The van der Waals surface area contributed by atoms with E-state index < -0.39 is 23.2 Å². The fourth-order valence-corrected chi connectivity index (χ4v) is 3.07. The van der Waals surface area contributed by atoms with Crippen molar-refractivity contribution in [3.8, 4) is 0 Å². The van der Waals surface area contributed by atoms with E-state index in [-0.39, 0.29) is 5.13 Å². The van der Waals surface area contributed by atoms with E-state index in [0.29, 0.717) is 17.8 Å². The van der Waals surface area contributed by atoms with Crippen molar-refractivity contribution in [3.05, 3.63) is 46.5 Å². The van der Waals surface area contributed by atoms with E-state index in [9.17, 15) is 18.3 Å². The number of hydrogen-bond donors (Lipinski definition) is 2. The third-order valence-corrected chi connectivity index (χ3v) is 4.24. The molecule has 3 rings (SSSR count). The molecule has 0 aliphatic heterocycles. The molecule has 1 aliphatic rings. The van der Waals surface area contributed by atoms with Crippen LogP contribution >= 0.6 is 11.3 Å². The van der Waals surface area contributed by atoms with Crippen molar-refractivity contribution in [2.45, 2.75) is 24.7 Å². The van der Waals surface area contributed by atoms with E-state index in [2.05, 4.69) is 10.3 Å². The Kier molecular flexibility index (Phi) is 3.18. The first-order valence-electron chi connectivity index (χ1n) is 6.00. The maximum absolute atomic E-state index is 12.5. The van der Waals surface area contributed by atoms with E-state index in [4.69, 9.17) is 0 Å². The number of fused-ring (bicyclic) bond motifs is 1. The Labute approximate surface area is 117 Å². The van der Waals surface area contributed by atoms with Gasteiger partial charge in [0.15, 0.2) is 5.13 Å². The summed E-state index contributed by atoms with van der Waals surface area (Å²) < 4.78 is 37.6. The smallest absolute Gasteiger partial charge is 0.390 e. The Balaban J connectivity index is 1.83. The van der Waals surface area contributed by atoms with Crippen LogP contribution in [0.4, 0.5) is 18.3 Å². The lowest BCUT2D eigenvalue weighted by Gasteiger charge is -2.17. The van der Waals surface area contributed by atoms with Crippen molar-refractivity contribution in [1.82, 2.24) is 4.98 Å². The van der Waals surface area contributed by atoms with Gasteiger partial charge in [-0.05, 0) is 11.1 Å². The summed E-state index contributed by atoms with van der Waals surface area (Å²) >= 11 is 0.545. The van der Waals surface area contributed by atoms with Gasteiger partial charge in [-0.2, -0.15) is 13.2 Å². The Bertz CT molecular complexity index is 626. The normalized spacial score (nSPS) is 21.8. The van der Waals surface area contributed by atoms with Crippen molar-refractivity contribution in [2.75, 3.05) is 5.32 Å². The topological polar surface area (TPSA) is 45.1 Å². The van der Waals surface area contributed by atoms with Crippen molar-refractivity contribution in [3.63, 3.8) is 0 Å². The number of anilines is 1. The maximum atomic E-state index is 12.5. The summed E-state index contributed by atoms with van der Waals surface area (Å²) in [5.41, 5.74) is 1.91. The lowest BCUT2D eigenvalue weighted by Crippen LogP contribution is -2.20. The molecule has 1 heterocycles. The van der Waals surface area contributed by atoms with E-state index in [1.165, 1.54) is 0 Å². The van der Waals surface area contributed by atoms with Crippen molar-refractivity contribution < 1.29 is 18.3 Å². The SMILES string of the molecule is O[C@H]1Cc2ccccc2[C@H]1Nc1ncc(C(F)(F)F)s1. The molecular weight excluding hydrogens is 289 g/mol. The molecule has 0 saturated carbocycles. The zero-order valence-electron chi connectivity index (χ0n) is 10.2. The van der Waals surface area contributed by atoms with Crippen molar-refractivity contribution >= 4 is 16.5 Å². The number of aliphatic hydroxyl groups excluding tert-OH is 1. The highest BCUT2D eigenvalue weighted by atomic mass is 32.1. The number of benzene rings is 1. The monoisotopic (exact) mass is 300 g/mol. The minimum absolute atomic E-state index is 0.165. The van der Waals surface area contributed by atoms with Gasteiger partial charge in [0.2, 0.25) is 0 Å². The predicted octanol–water partition coefficient (Wildman–Crippen LogP) is 3.23. The Morgan fingerprint density at radius 1 is 1.30 bits per heavy atom. The number of nitrogens with one attached hydrogen (secondary N) is 1. The molecule has 2 atom stereocenters. The quantitative estimate of drug-likeness (QED) is 0.895. The number of thiazole rings is 1. The third kappa shape index (κ3) is 2.38. The molecule has 0 spiro atoms. The van der Waals surface area contributed by atoms with Gasteiger partial charge in [0.25, 0.3) is 0 Å². The number of nitrogens with zero attached hydrogens (tertiary/aromatic N) is 1. The number of alkyl halides is 3. The Morgan fingerprint density at radius 2 is 2.05 bits per heavy atom. The molecule has 0 radical (unpaired) electrons. The van der Waals surface area contributed by atoms with Crippen LogP contribution in [0.3, 0.4) is 0 Å². The van der Waals surface area contributed by atoms with E-state index in [1.807, 2.05) is 24.3 Å². The summed E-state index contributed by atoms with van der Waals surface area (Å²) in [6, 6.07) is 7.07. The van der Waals surface area contributed by atoms with Gasteiger partial charge >= 0.3 is 6.18 Å². The largest absolute Gasteiger partial charge is 0.427 e. The fraction of sp³-hybridized carbons (Fsp3) is 0.308. The first kappa shape index (κ1) is 13.4. The number of halogens is 3. The minimum Gasteiger partial charge on any atom is -0.390 e. The summed E-state index contributed by atoms with van der Waals surface area (Å²) in [5, 5.41) is 13.1. The predicted molar refractivity (Wildman–Crippen MR) is 69.6 cm³/mol. The molecule has 0 bridgehead atoms. The molecule has 3 nitrogen and oxygen atoms in total. The van der Waals surface area contributed by atoms with Crippen LogP contribution in [0.5, 0.6) is 0 Å². The van der Waals surface area contributed by atoms with Gasteiger partial charge in [-0.25, -0.2) is 4.98 Å². The van der Waals surface area contributed by atoms with Crippen molar-refractivity contribution in [1.29, 1.82) is 0 Å². The summed E-state index contributed by atoms with van der Waals surface area (Å²) in [6.07, 6.45) is -3.75. The zero-order valence-corrected chi connectivity index (χ0v) is 11.0. The van der Waals surface area contributed by atoms with Crippen LogP contribution in [0.2, 0.25) is 0 Å². The van der Waals surface area contributed by atoms with Gasteiger partial charge in [-0.1, -0.05) is 35.6 Å². The van der Waals surface area contributed by atoms with Crippen LogP contribution in [-0.4, -0.2) is 16.2 Å². The molecule has 20 heavy (non-hydrogen) atoms. The third-order valence-electron chi connectivity index (χ3n) is 3.27. The van der Waals surface area contributed by atoms with Crippen molar-refractivity contribution in [2.24, 2.45) is 0 Å². The van der Waals surface area contributed by atoms with Crippen LogP contribution in [0.25, 0.3) is 0 Å². The highest BCUT2D eigenvalue weighted by Crippen LogP contribution is 2.38. The Morgan fingerprint density at radius 3 is 2.75 bits per heavy atom. The van der Waals surface area contributed by atoms with Gasteiger partial charge in [-0.3, -0.25) is 0 Å². The molecule has 1 aliphatic carbocycles. The van der Waals surface area contributed by atoms with E-state index >= 15 is 0 Å². The minimum atomic E-state index is -4.39. The second kappa shape index (κ2) is 4.75. The average molecular weight is 300 g/mol. The van der Waals surface area contributed by atoms with Gasteiger partial charge < -0.3 is 10.4 Å². The highest BCUT2D eigenvalue weighted by Gasteiger charge is 2.35. The number of hydrogen-bond acceptors (Lipinski definition) is 4. The number of rotatable bonds is 2. The molecule has 1 aromatic heterocycles. The molecular formula is C13H11F3N2OS. The lowest BCUT2D eigenvalue weighted by atomic mass is 10.1. The molecule has 2 N–H and O–H groups in total. The molecule has 2 aromatic rings. The summed E-state index contributed by atoms with van der Waals surface area (Å²) in [7, 11) is 0. The van der Waals surface area contributed by atoms with Gasteiger partial charge in [0.05, 0.1) is 18.3 Å². The number of aliphatic hydroxyl groups is 1. The standard InChI is InChI=1S/C13H11F3N2OS/c14-13(15,16)10-6-17-12(20-10)18-11-8-4-2-1-3-7(8)5-9(11)19/h1-4,6,9,11,19H,5H2,(H,17,18)/t9-,11+/m0/s1. The first-order chi connectivity index (χ1) is 9.45. The fourth-order valence-electron chi connectivity index (χ4n) is 2.35. The van der Waals surface area contributed by atoms with Crippen LogP contribution in [0.1, 0.15) is 22.0 Å². The maximum Gasteiger partial charge on any atom is 0.427 e. The van der Waals surface area contributed by atoms with E-state index in [1.54, 1.807) is 0 Å². The molecule has 106 valence electrons. The molecule has 7 heteroatoms. The highest BCUT2D eigenvalue weighted by molar-refractivity contribution is 7.15. The molecule has 0 saturated heterocycles. The summed E-state index contributed by atoms with van der Waals surface area (Å²) in [5.74, 6) is 0. The average Bonchev–Trinajstić information content (AvgIpc) is 2.95. The molecule has 0 unspecified atom stereocenters. The Hall–Kier alpha value is -1.60. The molecule has 0 amide bonds. The van der Waals surface area contributed by atoms with Crippen LogP contribution in [0, 0.1) is 0 Å². The van der Waals surface area contributed by atoms with Gasteiger partial charge in [0, 0.05) is 6.42 Å². The summed E-state index contributed by atoms with van der Waals surface area (Å²) in [6.45, 7) is 0. The zero-order chi connectivity index (χ0) is 14.3. The van der Waals surface area contributed by atoms with E-state index in [0.717, 1.165) is 17.3 Å². The first-order valence-corrected chi connectivity index (χ1v) is 6.82. The number of aromatic nitrogens is 1. The molecule has 0 fully saturated rings. The second-order valence-electron chi connectivity index (χ2n) is 4.62. The van der Waals surface area contributed by atoms with Crippen LogP contribution < -0.4 is 5.32 Å². The lowest BCUT2D eigenvalue weighted by molar-refractivity contribution is -0.134. The second-order valence-corrected chi connectivity index (χ2v) is 5.65. The van der Waals surface area contributed by atoms with Crippen LogP contribution in [0.15, 0.2) is 30.5 Å². The van der Waals surface area contributed by atoms with Gasteiger partial charge in [-0.15, -0.1) is 0 Å². The summed E-state index contributed by atoms with van der Waals surface area (Å²) in [4.78, 5) is 2.98. The van der Waals surface area contributed by atoms with Crippen LogP contribution in [-0.2, 0) is 12.6 Å². The molecule has 1 aromatic carbocycles. The van der Waals surface area contributed by atoms with Gasteiger partial charge in [0.1, 0.15) is 4.88 Å².